The molecule has 27 heavy (non-hydrogen) atoms. The molecule has 1 fully saturated rings. The minimum absolute atomic E-state index is 0.00301. The lowest BCUT2D eigenvalue weighted by molar-refractivity contribution is -0.137. The van der Waals surface area contributed by atoms with Gasteiger partial charge in [-0.1, -0.05) is 5.16 Å². The minimum Gasteiger partial charge on any atom is -0.476 e. The number of rotatable bonds is 5. The number of halogens is 3. The molecule has 0 radical (unpaired) electrons. The van der Waals surface area contributed by atoms with Crippen molar-refractivity contribution in [3.05, 3.63) is 46.3 Å². The second-order valence-electron chi connectivity index (χ2n) is 6.16. The Morgan fingerprint density at radius 3 is 2.37 bits per heavy atom. The fourth-order valence-corrected chi connectivity index (χ4v) is 3.52. The van der Waals surface area contributed by atoms with E-state index in [2.05, 4.69) is 5.16 Å². The molecule has 0 saturated heterocycles. The topological polar surface area (TPSA) is 115 Å². The minimum atomic E-state index is -4.82. The molecule has 0 aliphatic heterocycles. The number of carbonyl (C=O) groups excluding carboxylic acids is 1. The first-order valence-corrected chi connectivity index (χ1v) is 9.49. The van der Waals surface area contributed by atoms with Gasteiger partial charge in [-0.2, -0.15) is 13.2 Å². The highest BCUT2D eigenvalue weighted by atomic mass is 32.2. The summed E-state index contributed by atoms with van der Waals surface area (Å²) in [4.78, 5) is 23.4. The second-order valence-corrected chi connectivity index (χ2v) is 8.14. The molecule has 1 aromatic heterocycles. The Hall–Kier alpha value is -2.69. The van der Waals surface area contributed by atoms with Crippen LogP contribution in [0.4, 0.5) is 13.2 Å². The van der Waals surface area contributed by atoms with Crippen LogP contribution in [0.5, 0.6) is 0 Å². The average Bonchev–Trinajstić information content (AvgIpc) is 3.30. The second kappa shape index (κ2) is 6.19. The smallest absolute Gasteiger partial charge is 0.416 e. The molecule has 0 amide bonds. The van der Waals surface area contributed by atoms with E-state index in [-0.39, 0.29) is 11.7 Å². The Kier molecular flexibility index (Phi) is 4.37. The molecule has 3 rings (SSSR count). The summed E-state index contributed by atoms with van der Waals surface area (Å²) in [6.45, 7) is 0. The molecule has 1 aliphatic rings. The van der Waals surface area contributed by atoms with Gasteiger partial charge in [0.2, 0.25) is 5.69 Å². The molecule has 144 valence electrons. The summed E-state index contributed by atoms with van der Waals surface area (Å²) >= 11 is 0. The van der Waals surface area contributed by atoms with Crippen LogP contribution in [0.15, 0.2) is 27.6 Å². The zero-order valence-corrected chi connectivity index (χ0v) is 14.5. The lowest BCUT2D eigenvalue weighted by atomic mass is 9.98. The van der Waals surface area contributed by atoms with Gasteiger partial charge < -0.3 is 9.63 Å². The lowest BCUT2D eigenvalue weighted by Gasteiger charge is -2.12. The quantitative estimate of drug-likeness (QED) is 0.764. The summed E-state index contributed by atoms with van der Waals surface area (Å²) < 4.78 is 67.7. The highest BCUT2D eigenvalue weighted by Crippen LogP contribution is 2.43. The Morgan fingerprint density at radius 1 is 1.26 bits per heavy atom. The van der Waals surface area contributed by atoms with Gasteiger partial charge in [0.1, 0.15) is 5.56 Å². The molecular formula is C16H12F3NO6S. The van der Waals surface area contributed by atoms with Crippen molar-refractivity contribution in [2.24, 2.45) is 0 Å². The maximum absolute atomic E-state index is 12.9. The highest BCUT2D eigenvalue weighted by Gasteiger charge is 2.39. The fraction of sp³-hybridized carbons (Fsp3) is 0.312. The normalized spacial score (nSPS) is 15.0. The zero-order chi connectivity index (χ0) is 20.1. The third-order valence-electron chi connectivity index (χ3n) is 4.05. The number of carbonyl (C=O) groups is 2. The highest BCUT2D eigenvalue weighted by molar-refractivity contribution is 7.90. The summed E-state index contributed by atoms with van der Waals surface area (Å²) in [5, 5.41) is 12.6. The standard InChI is InChI=1S/C16H12F3NO6S/c1-27(24,25)10-6-8(16(17,18)19)4-5-9(10)13(21)11-12(15(22)23)20-26-14(11)7-2-3-7/h4-7H,2-3H2,1H3,(H,22,23). The molecule has 1 aliphatic carbocycles. The number of nitrogens with zero attached hydrogens (tertiary/aromatic N) is 1. The maximum Gasteiger partial charge on any atom is 0.416 e. The van der Waals surface area contributed by atoms with E-state index in [0.717, 1.165) is 6.07 Å². The number of hydrogen-bond donors (Lipinski definition) is 1. The van der Waals surface area contributed by atoms with E-state index in [1.54, 1.807) is 0 Å². The van der Waals surface area contributed by atoms with Crippen LogP contribution in [0.2, 0.25) is 0 Å². The number of aromatic nitrogens is 1. The van der Waals surface area contributed by atoms with Gasteiger partial charge in [0.25, 0.3) is 0 Å². The third-order valence-corrected chi connectivity index (χ3v) is 5.19. The van der Waals surface area contributed by atoms with Crippen LogP contribution in [0, 0.1) is 0 Å². The molecular weight excluding hydrogens is 391 g/mol. The van der Waals surface area contributed by atoms with Gasteiger partial charge in [-0.25, -0.2) is 13.2 Å². The maximum atomic E-state index is 12.9. The van der Waals surface area contributed by atoms with Crippen LogP contribution in [-0.2, 0) is 16.0 Å². The zero-order valence-electron chi connectivity index (χ0n) is 13.7. The van der Waals surface area contributed by atoms with Crippen molar-refractivity contribution in [2.75, 3.05) is 6.26 Å². The van der Waals surface area contributed by atoms with E-state index in [9.17, 15) is 36.3 Å². The Labute approximate surface area is 150 Å². The summed E-state index contributed by atoms with van der Waals surface area (Å²) in [5.74, 6) is -2.87. The van der Waals surface area contributed by atoms with E-state index in [1.807, 2.05) is 0 Å². The Morgan fingerprint density at radius 2 is 1.89 bits per heavy atom. The molecule has 2 aromatic rings. The fourth-order valence-electron chi connectivity index (χ4n) is 2.62. The van der Waals surface area contributed by atoms with E-state index in [0.29, 0.717) is 31.2 Å². The van der Waals surface area contributed by atoms with E-state index in [1.165, 1.54) is 0 Å². The Bertz CT molecular complexity index is 1050. The van der Waals surface area contributed by atoms with E-state index in [4.69, 9.17) is 4.52 Å². The molecule has 11 heteroatoms. The van der Waals surface area contributed by atoms with Gasteiger partial charge in [-0.15, -0.1) is 0 Å². The van der Waals surface area contributed by atoms with Gasteiger partial charge in [0, 0.05) is 17.7 Å². The van der Waals surface area contributed by atoms with Crippen LogP contribution < -0.4 is 0 Å². The van der Waals surface area contributed by atoms with Gasteiger partial charge in [0.15, 0.2) is 21.4 Å². The average molecular weight is 403 g/mol. The van der Waals surface area contributed by atoms with Crippen LogP contribution in [-0.4, -0.2) is 36.7 Å². The summed E-state index contributed by atoms with van der Waals surface area (Å²) in [7, 11) is -4.22. The molecule has 0 atom stereocenters. The van der Waals surface area contributed by atoms with Crippen molar-refractivity contribution in [3.63, 3.8) is 0 Å². The molecule has 0 unspecified atom stereocenters. The summed E-state index contributed by atoms with van der Waals surface area (Å²) in [6.07, 6.45) is -2.91. The molecule has 1 N–H and O–H groups in total. The van der Waals surface area contributed by atoms with E-state index < -0.39 is 55.0 Å². The predicted molar refractivity (Wildman–Crippen MR) is 83.4 cm³/mol. The van der Waals surface area contributed by atoms with Gasteiger partial charge in [-0.05, 0) is 31.0 Å². The number of aromatic carboxylic acids is 1. The van der Waals surface area contributed by atoms with Crippen LogP contribution in [0.1, 0.15) is 56.5 Å². The van der Waals surface area contributed by atoms with Crippen molar-refractivity contribution in [1.29, 1.82) is 0 Å². The van der Waals surface area contributed by atoms with Crippen molar-refractivity contribution in [3.8, 4) is 0 Å². The first-order chi connectivity index (χ1) is 12.4. The molecule has 0 bridgehead atoms. The molecule has 1 heterocycles. The van der Waals surface area contributed by atoms with E-state index >= 15 is 0 Å². The number of benzene rings is 1. The SMILES string of the molecule is CS(=O)(=O)c1cc(C(F)(F)F)ccc1C(=O)c1c(C(=O)O)noc1C1CC1. The number of sulfone groups is 1. The summed E-state index contributed by atoms with van der Waals surface area (Å²) in [5.41, 5.74) is -2.96. The number of hydrogen-bond acceptors (Lipinski definition) is 6. The largest absolute Gasteiger partial charge is 0.476 e. The van der Waals surface area contributed by atoms with Crippen LogP contribution in [0.25, 0.3) is 0 Å². The number of carboxylic acids is 1. The summed E-state index contributed by atoms with van der Waals surface area (Å²) in [6, 6.07) is 1.64. The molecule has 7 nitrogen and oxygen atoms in total. The van der Waals surface area contributed by atoms with Crippen molar-refractivity contribution in [2.45, 2.75) is 29.8 Å². The van der Waals surface area contributed by atoms with Crippen LogP contribution in [0.3, 0.4) is 0 Å². The number of alkyl halides is 3. The number of carboxylic acid groups (broad SMARTS) is 1. The van der Waals surface area contributed by atoms with Crippen molar-refractivity contribution in [1.82, 2.24) is 5.16 Å². The molecule has 1 saturated carbocycles. The van der Waals surface area contributed by atoms with Gasteiger partial charge in [0.05, 0.1) is 10.5 Å². The number of ketones is 1. The van der Waals surface area contributed by atoms with Crippen molar-refractivity contribution < 1.29 is 40.8 Å². The third kappa shape index (κ3) is 3.59. The molecule has 0 spiro atoms. The van der Waals surface area contributed by atoms with Gasteiger partial charge in [-0.3, -0.25) is 4.79 Å². The monoisotopic (exact) mass is 403 g/mol. The first-order valence-electron chi connectivity index (χ1n) is 7.60. The lowest BCUT2D eigenvalue weighted by Crippen LogP contribution is -2.15. The Balaban J connectivity index is 2.22. The van der Waals surface area contributed by atoms with Crippen molar-refractivity contribution >= 4 is 21.6 Å². The molecule has 1 aromatic carbocycles. The van der Waals surface area contributed by atoms with Crippen LogP contribution >= 0.6 is 0 Å². The first kappa shape index (κ1) is 19.1. The van der Waals surface area contributed by atoms with Gasteiger partial charge >= 0.3 is 12.1 Å². The predicted octanol–water partition coefficient (Wildman–Crippen LogP) is 2.90.